The second-order valence-electron chi connectivity index (χ2n) is 4.79. The van der Waals surface area contributed by atoms with E-state index in [-0.39, 0.29) is 0 Å². The first-order valence-corrected chi connectivity index (χ1v) is 7.21. The normalized spacial score (nSPS) is 25.1. The molecule has 1 fully saturated rings. The summed E-state index contributed by atoms with van der Waals surface area (Å²) in [4.78, 5) is 0. The zero-order chi connectivity index (χ0) is 11.4. The maximum absolute atomic E-state index is 3.60. The van der Waals surface area contributed by atoms with Gasteiger partial charge in [-0.3, -0.25) is 0 Å². The average molecular weight is 238 g/mol. The predicted octanol–water partition coefficient (Wildman–Crippen LogP) is 2.88. The van der Waals surface area contributed by atoms with Crippen molar-refractivity contribution in [3.63, 3.8) is 0 Å². The molecular formula is C13H22N2S. The van der Waals surface area contributed by atoms with Gasteiger partial charge in [-0.15, -0.1) is 0 Å². The smallest absolute Gasteiger partial charge is 0.0359 e. The lowest BCUT2D eigenvalue weighted by molar-refractivity contribution is 0.526. The summed E-state index contributed by atoms with van der Waals surface area (Å²) in [6, 6.07) is 4.34. The molecule has 1 aliphatic heterocycles. The van der Waals surface area contributed by atoms with Gasteiger partial charge in [-0.25, -0.2) is 0 Å². The van der Waals surface area contributed by atoms with Crippen molar-refractivity contribution in [1.29, 1.82) is 0 Å². The molecule has 1 saturated heterocycles. The fourth-order valence-electron chi connectivity index (χ4n) is 2.35. The van der Waals surface area contributed by atoms with Crippen molar-refractivity contribution in [2.45, 2.75) is 44.5 Å². The second-order valence-corrected chi connectivity index (χ2v) is 6.47. The molecule has 0 amide bonds. The highest BCUT2D eigenvalue weighted by molar-refractivity contribution is 8.00. The third-order valence-corrected chi connectivity index (χ3v) is 4.91. The zero-order valence-electron chi connectivity index (χ0n) is 10.3. The van der Waals surface area contributed by atoms with Gasteiger partial charge in [0.1, 0.15) is 0 Å². The number of rotatable bonds is 5. The molecule has 2 nitrogen and oxygen atoms in total. The van der Waals surface area contributed by atoms with Gasteiger partial charge in [0, 0.05) is 36.3 Å². The van der Waals surface area contributed by atoms with Crippen molar-refractivity contribution in [2.24, 2.45) is 0 Å². The van der Waals surface area contributed by atoms with Crippen LogP contribution in [0.2, 0.25) is 0 Å². The fraction of sp³-hybridized carbons (Fsp3) is 0.692. The van der Waals surface area contributed by atoms with Crippen LogP contribution in [0.25, 0.3) is 0 Å². The first-order chi connectivity index (χ1) is 7.73. The van der Waals surface area contributed by atoms with Crippen LogP contribution >= 0.6 is 11.8 Å². The number of hydrogen-bond acceptors (Lipinski definition) is 2. The van der Waals surface area contributed by atoms with Gasteiger partial charge in [-0.2, -0.15) is 11.8 Å². The summed E-state index contributed by atoms with van der Waals surface area (Å²) in [6.07, 6.45) is 4.90. The number of nitrogens with zero attached hydrogens (tertiary/aromatic N) is 1. The topological polar surface area (TPSA) is 17.0 Å². The highest BCUT2D eigenvalue weighted by Gasteiger charge is 2.28. The molecule has 0 radical (unpaired) electrons. The summed E-state index contributed by atoms with van der Waals surface area (Å²) in [6.45, 7) is 7.77. The van der Waals surface area contributed by atoms with Crippen LogP contribution in [0.4, 0.5) is 0 Å². The Kier molecular flexibility index (Phi) is 3.98. The third kappa shape index (κ3) is 2.83. The van der Waals surface area contributed by atoms with Gasteiger partial charge in [-0.1, -0.05) is 0 Å². The van der Waals surface area contributed by atoms with Gasteiger partial charge in [0.05, 0.1) is 0 Å². The summed E-state index contributed by atoms with van der Waals surface area (Å²) in [5, 5.41) is 3.60. The van der Waals surface area contributed by atoms with E-state index in [0.29, 0.717) is 4.75 Å². The van der Waals surface area contributed by atoms with Crippen molar-refractivity contribution in [2.75, 3.05) is 12.3 Å². The molecule has 0 bridgehead atoms. The van der Waals surface area contributed by atoms with Gasteiger partial charge >= 0.3 is 0 Å². The Morgan fingerprint density at radius 1 is 1.56 bits per heavy atom. The van der Waals surface area contributed by atoms with Gasteiger partial charge in [0.25, 0.3) is 0 Å². The second kappa shape index (κ2) is 5.28. The molecule has 0 saturated carbocycles. The van der Waals surface area contributed by atoms with Crippen LogP contribution in [0, 0.1) is 0 Å². The third-order valence-electron chi connectivity index (χ3n) is 3.37. The van der Waals surface area contributed by atoms with Crippen LogP contribution in [0.15, 0.2) is 18.3 Å². The first-order valence-electron chi connectivity index (χ1n) is 6.22. The molecule has 0 spiro atoms. The molecule has 2 heterocycles. The molecule has 0 aliphatic carbocycles. The van der Waals surface area contributed by atoms with Crippen LogP contribution in [0.3, 0.4) is 0 Å². The van der Waals surface area contributed by atoms with Crippen molar-refractivity contribution in [1.82, 2.24) is 9.88 Å². The molecule has 2 rings (SSSR count). The lowest BCUT2D eigenvalue weighted by Crippen LogP contribution is -2.32. The Morgan fingerprint density at radius 2 is 2.44 bits per heavy atom. The van der Waals surface area contributed by atoms with E-state index >= 15 is 0 Å². The Bertz CT molecular complexity index is 326. The van der Waals surface area contributed by atoms with Crippen molar-refractivity contribution in [3.8, 4) is 0 Å². The van der Waals surface area contributed by atoms with Crippen LogP contribution in [0.1, 0.15) is 32.4 Å². The molecule has 1 aromatic heterocycles. The lowest BCUT2D eigenvalue weighted by atomic mass is 10.1. The van der Waals surface area contributed by atoms with E-state index in [0.717, 1.165) is 19.6 Å². The zero-order valence-corrected chi connectivity index (χ0v) is 11.1. The quantitative estimate of drug-likeness (QED) is 0.849. The summed E-state index contributed by atoms with van der Waals surface area (Å²) in [5.74, 6) is 1.34. The molecule has 90 valence electrons. The van der Waals surface area contributed by atoms with Gasteiger partial charge in [0.15, 0.2) is 0 Å². The van der Waals surface area contributed by atoms with Crippen molar-refractivity contribution >= 4 is 11.8 Å². The minimum atomic E-state index is 0.476. The Balaban J connectivity index is 1.79. The molecular weight excluding hydrogens is 216 g/mol. The van der Waals surface area contributed by atoms with E-state index in [9.17, 15) is 0 Å². The lowest BCUT2D eigenvalue weighted by Gasteiger charge is -2.23. The largest absolute Gasteiger partial charge is 0.351 e. The van der Waals surface area contributed by atoms with Crippen LogP contribution in [0.5, 0.6) is 0 Å². The maximum atomic E-state index is 3.60. The molecule has 1 atom stereocenters. The summed E-state index contributed by atoms with van der Waals surface area (Å²) in [5.41, 5.74) is 1.40. The van der Waals surface area contributed by atoms with Crippen molar-refractivity contribution < 1.29 is 0 Å². The van der Waals surface area contributed by atoms with E-state index in [4.69, 9.17) is 0 Å². The minimum Gasteiger partial charge on any atom is -0.351 e. The number of hydrogen-bond donors (Lipinski definition) is 1. The SMILES string of the molecule is CCn1cccc1CNCC1(C)CCCS1. The van der Waals surface area contributed by atoms with E-state index in [1.165, 1.54) is 24.3 Å². The number of aromatic nitrogens is 1. The van der Waals surface area contributed by atoms with E-state index in [1.807, 2.05) is 0 Å². The van der Waals surface area contributed by atoms with E-state index in [1.54, 1.807) is 0 Å². The number of nitrogens with one attached hydrogen (secondary N) is 1. The molecule has 1 unspecified atom stereocenters. The Labute approximate surface area is 103 Å². The molecule has 0 aromatic carbocycles. The van der Waals surface area contributed by atoms with Crippen LogP contribution in [-0.4, -0.2) is 21.6 Å². The Hall–Kier alpha value is -0.410. The molecule has 1 aliphatic rings. The van der Waals surface area contributed by atoms with Gasteiger partial charge in [0.2, 0.25) is 0 Å². The first kappa shape index (κ1) is 12.1. The van der Waals surface area contributed by atoms with Crippen LogP contribution in [-0.2, 0) is 13.1 Å². The standard InChI is InChI=1S/C13H22N2S/c1-3-15-8-4-6-12(15)10-14-11-13(2)7-5-9-16-13/h4,6,8,14H,3,5,7,9-11H2,1-2H3. The van der Waals surface area contributed by atoms with Crippen molar-refractivity contribution in [3.05, 3.63) is 24.0 Å². The minimum absolute atomic E-state index is 0.476. The number of thioether (sulfide) groups is 1. The highest BCUT2D eigenvalue weighted by atomic mass is 32.2. The monoisotopic (exact) mass is 238 g/mol. The number of aryl methyl sites for hydroxylation is 1. The molecule has 1 aromatic rings. The molecule has 3 heteroatoms. The molecule has 16 heavy (non-hydrogen) atoms. The highest BCUT2D eigenvalue weighted by Crippen LogP contribution is 2.36. The predicted molar refractivity (Wildman–Crippen MR) is 71.9 cm³/mol. The average Bonchev–Trinajstić information content (AvgIpc) is 2.88. The molecule has 1 N–H and O–H groups in total. The summed E-state index contributed by atoms with van der Waals surface area (Å²) in [7, 11) is 0. The summed E-state index contributed by atoms with van der Waals surface area (Å²) >= 11 is 2.12. The van der Waals surface area contributed by atoms with Crippen LogP contribution < -0.4 is 5.32 Å². The van der Waals surface area contributed by atoms with Gasteiger partial charge < -0.3 is 9.88 Å². The van der Waals surface area contributed by atoms with Gasteiger partial charge in [-0.05, 0) is 44.6 Å². The fourth-order valence-corrected chi connectivity index (χ4v) is 3.62. The Morgan fingerprint density at radius 3 is 3.12 bits per heavy atom. The van der Waals surface area contributed by atoms with E-state index < -0.39 is 0 Å². The van der Waals surface area contributed by atoms with E-state index in [2.05, 4.69) is 53.8 Å². The summed E-state index contributed by atoms with van der Waals surface area (Å²) < 4.78 is 2.78. The maximum Gasteiger partial charge on any atom is 0.0359 e.